The number of aliphatic hydroxyl groups is 1. The first-order valence-electron chi connectivity index (χ1n) is 5.23. The van der Waals surface area contributed by atoms with Gasteiger partial charge in [0.1, 0.15) is 0 Å². The summed E-state index contributed by atoms with van der Waals surface area (Å²) in [5.74, 6) is -7.17. The van der Waals surface area contributed by atoms with E-state index < -0.39 is 48.3 Å². The first-order chi connectivity index (χ1) is 9.40. The van der Waals surface area contributed by atoms with Crippen LogP contribution in [0.15, 0.2) is 0 Å². The summed E-state index contributed by atoms with van der Waals surface area (Å²) in [6, 6.07) is 0. The minimum atomic E-state index is -2.74. The molecular weight excluding hydrogens is 503 g/mol. The number of carbonyl (C=O) groups is 5. The van der Waals surface area contributed by atoms with Crippen LogP contribution in [0.3, 0.4) is 0 Å². The van der Waals surface area contributed by atoms with E-state index in [-0.39, 0.29) is 150 Å². The Hall–Kier alpha value is 1.10. The molecule has 29 heavy (non-hydrogen) atoms. The third kappa shape index (κ3) is 43.8. The molecule has 13 nitrogen and oxygen atoms in total. The Bertz CT molecular complexity index is 424. The van der Waals surface area contributed by atoms with Crippen molar-refractivity contribution in [3.8, 4) is 0 Å². The number of hydrogen-bond donors (Lipinski definition) is 6. The Morgan fingerprint density at radius 3 is 0.862 bits per heavy atom. The summed E-state index contributed by atoms with van der Waals surface area (Å²) in [6.07, 6.45) is -2.88. The van der Waals surface area contributed by atoms with Gasteiger partial charge in [0, 0.05) is 0 Å². The van der Waals surface area contributed by atoms with Gasteiger partial charge in [-0.05, 0) is 0 Å². The molecule has 0 spiro atoms. The van der Waals surface area contributed by atoms with Gasteiger partial charge in [-0.3, -0.25) is 19.2 Å². The van der Waals surface area contributed by atoms with Crippen LogP contribution in [-0.2, 0) is 24.0 Å². The summed E-state index contributed by atoms with van der Waals surface area (Å²) in [5.41, 5.74) is -2.74. The van der Waals surface area contributed by atoms with E-state index in [2.05, 4.69) is 0 Å². The van der Waals surface area contributed by atoms with E-state index in [9.17, 15) is 24.0 Å². The molecule has 0 aromatic carbocycles. The SMILES string of the molecule is Cl.Cl.Cl.O.O.O=C(O)CC(O)(CC(=O)O)C(=O)O.O=C(O)CCC(=O)O.[NaH].[NaH].[NaH]. The van der Waals surface area contributed by atoms with Crippen LogP contribution in [0.25, 0.3) is 0 Å². The number of carboxylic acid groups (broad SMARTS) is 5. The molecule has 0 saturated carbocycles. The Kier molecular flexibility index (Phi) is 73.4. The van der Waals surface area contributed by atoms with Crippen molar-refractivity contribution in [1.29, 1.82) is 0 Å². The van der Waals surface area contributed by atoms with E-state index in [0.717, 1.165) is 0 Å². The Morgan fingerprint density at radius 2 is 0.759 bits per heavy atom. The summed E-state index contributed by atoms with van der Waals surface area (Å²) in [7, 11) is 0. The molecule has 0 fully saturated rings. The van der Waals surface area contributed by atoms with Gasteiger partial charge in [-0.2, -0.15) is 0 Å². The van der Waals surface area contributed by atoms with Crippen LogP contribution in [0.2, 0.25) is 0 Å². The second-order valence-corrected chi connectivity index (χ2v) is 3.77. The molecule has 10 N–H and O–H groups in total. The molecule has 166 valence electrons. The van der Waals surface area contributed by atoms with Crippen molar-refractivity contribution in [2.45, 2.75) is 31.3 Å². The average molecular weight is 528 g/mol. The molecule has 0 radical (unpaired) electrons. The fourth-order valence-corrected chi connectivity index (χ4v) is 0.928. The van der Waals surface area contributed by atoms with Crippen LogP contribution in [0.5, 0.6) is 0 Å². The summed E-state index contributed by atoms with van der Waals surface area (Å²) in [6.45, 7) is 0. The van der Waals surface area contributed by atoms with Crippen molar-refractivity contribution >= 4 is 156 Å². The quantitative estimate of drug-likeness (QED) is 0.167. The molecule has 19 heteroatoms. The van der Waals surface area contributed by atoms with Gasteiger partial charge in [0.2, 0.25) is 0 Å². The van der Waals surface area contributed by atoms with Crippen LogP contribution >= 0.6 is 37.2 Å². The number of aliphatic carboxylic acids is 5. The van der Waals surface area contributed by atoms with Crippen molar-refractivity contribution in [1.82, 2.24) is 0 Å². The van der Waals surface area contributed by atoms with Crippen LogP contribution in [0, 0.1) is 0 Å². The van der Waals surface area contributed by atoms with Gasteiger partial charge in [0.15, 0.2) is 5.60 Å². The summed E-state index contributed by atoms with van der Waals surface area (Å²) >= 11 is 0. The van der Waals surface area contributed by atoms with E-state index in [1.807, 2.05) is 0 Å². The van der Waals surface area contributed by atoms with Crippen LogP contribution in [0.1, 0.15) is 25.7 Å². The summed E-state index contributed by atoms with van der Waals surface area (Å²) < 4.78 is 0. The first-order valence-corrected chi connectivity index (χ1v) is 5.23. The molecule has 0 aliphatic heterocycles. The van der Waals surface area contributed by atoms with Gasteiger partial charge in [-0.1, -0.05) is 0 Å². The third-order valence-corrected chi connectivity index (χ3v) is 1.84. The van der Waals surface area contributed by atoms with E-state index >= 15 is 0 Å². The molecule has 0 saturated heterocycles. The van der Waals surface area contributed by atoms with Gasteiger partial charge in [-0.25, -0.2) is 4.79 Å². The van der Waals surface area contributed by atoms with E-state index in [1.54, 1.807) is 0 Å². The second kappa shape index (κ2) is 33.7. The van der Waals surface area contributed by atoms with E-state index in [0.29, 0.717) is 0 Å². The van der Waals surface area contributed by atoms with Crippen molar-refractivity contribution in [2.75, 3.05) is 0 Å². The zero-order valence-corrected chi connectivity index (χ0v) is 15.2. The van der Waals surface area contributed by atoms with E-state index in [1.165, 1.54) is 0 Å². The van der Waals surface area contributed by atoms with Crippen LogP contribution < -0.4 is 0 Å². The second-order valence-electron chi connectivity index (χ2n) is 3.77. The van der Waals surface area contributed by atoms with Gasteiger partial charge in [-0.15, -0.1) is 37.2 Å². The predicted octanol–water partition coefficient (Wildman–Crippen LogP) is -3.64. The summed E-state index contributed by atoms with van der Waals surface area (Å²) in [5, 5.41) is 49.6. The van der Waals surface area contributed by atoms with Crippen LogP contribution in [-0.4, -0.2) is 166 Å². The summed E-state index contributed by atoms with van der Waals surface area (Å²) in [4.78, 5) is 49.8. The standard InChI is InChI=1S/C6H8O7.C4H6O4.3ClH.3Na.2H2O.3H/c7-3(8)1-6(13,5(11)12)2-4(9)10;5-3(6)1-2-4(7)8;;;;;;;;;;;/h13H,1-2H2,(H,7,8)(H,9,10)(H,11,12);1-2H2,(H,5,6)(H,7,8);3*1H;;;;2*1H2;;;. The first kappa shape index (κ1) is 63.1. The maximum atomic E-state index is 10.3. The average Bonchev–Trinajstić information content (AvgIpc) is 2.24. The molecule has 0 aliphatic carbocycles. The van der Waals surface area contributed by atoms with Crippen molar-refractivity contribution in [3.63, 3.8) is 0 Å². The minimum absolute atomic E-state index is 0. The number of carboxylic acids is 5. The third-order valence-electron chi connectivity index (χ3n) is 1.84. The molecule has 0 bridgehead atoms. The fraction of sp³-hybridized carbons (Fsp3) is 0.500. The molecule has 0 rings (SSSR count). The topological polar surface area (TPSA) is 270 Å². The molecular formula is C10H24Cl3Na3O13. The number of hydrogen-bond acceptors (Lipinski definition) is 6. The Balaban J connectivity index is -0.0000000257. The Labute approximate surface area is 249 Å². The molecule has 0 aromatic heterocycles. The monoisotopic (exact) mass is 526 g/mol. The van der Waals surface area contributed by atoms with Crippen molar-refractivity contribution in [2.24, 2.45) is 0 Å². The van der Waals surface area contributed by atoms with Gasteiger partial charge in [0.05, 0.1) is 25.7 Å². The van der Waals surface area contributed by atoms with Crippen LogP contribution in [0.4, 0.5) is 0 Å². The number of rotatable bonds is 8. The molecule has 0 atom stereocenters. The van der Waals surface area contributed by atoms with Crippen molar-refractivity contribution < 1.29 is 65.6 Å². The van der Waals surface area contributed by atoms with Crippen molar-refractivity contribution in [3.05, 3.63) is 0 Å². The molecule has 0 aliphatic rings. The number of halogens is 3. The zero-order valence-electron chi connectivity index (χ0n) is 12.8. The molecule has 0 unspecified atom stereocenters. The van der Waals surface area contributed by atoms with Gasteiger partial charge < -0.3 is 41.6 Å². The normalized spacial score (nSPS) is 7.21. The Morgan fingerprint density at radius 1 is 0.552 bits per heavy atom. The molecule has 0 amide bonds. The predicted molar refractivity (Wildman–Crippen MR) is 112 cm³/mol. The molecule has 0 aromatic rings. The zero-order chi connectivity index (χ0) is 17.2. The van der Waals surface area contributed by atoms with Gasteiger partial charge >= 0.3 is 119 Å². The van der Waals surface area contributed by atoms with Gasteiger partial charge in [0.25, 0.3) is 0 Å². The van der Waals surface area contributed by atoms with E-state index in [4.69, 9.17) is 30.6 Å². The maximum absolute atomic E-state index is 10.3. The fourth-order valence-electron chi connectivity index (χ4n) is 0.928. The molecule has 0 heterocycles.